The van der Waals surface area contributed by atoms with Gasteiger partial charge in [-0.05, 0) is 12.1 Å². The fourth-order valence-corrected chi connectivity index (χ4v) is 2.16. The Kier molecular flexibility index (Phi) is 3.99. The third-order valence-electron chi connectivity index (χ3n) is 3.15. The third-order valence-corrected chi connectivity index (χ3v) is 3.15. The summed E-state index contributed by atoms with van der Waals surface area (Å²) < 4.78 is 52.1. The van der Waals surface area contributed by atoms with E-state index < -0.39 is 30.2 Å². The molecule has 130 valence electrons. The van der Waals surface area contributed by atoms with E-state index in [0.29, 0.717) is 4.68 Å². The molecule has 0 aromatic carbocycles. The van der Waals surface area contributed by atoms with Crippen molar-refractivity contribution in [2.75, 3.05) is 5.32 Å². The average Bonchev–Trinajstić information content (AvgIpc) is 2.82. The molecule has 3 heterocycles. The predicted molar refractivity (Wildman–Crippen MR) is 78.0 cm³/mol. The molecule has 0 spiro atoms. The quantitative estimate of drug-likeness (QED) is 0.699. The number of nitrogens with one attached hydrogen (secondary N) is 1. The Hall–Kier alpha value is -3.24. The maximum absolute atomic E-state index is 13.2. The number of aromatic nitrogens is 4. The molecule has 0 aliphatic rings. The van der Waals surface area contributed by atoms with Crippen LogP contribution < -0.4 is 5.32 Å². The van der Waals surface area contributed by atoms with Crippen LogP contribution in [0.15, 0.2) is 30.6 Å². The highest BCUT2D eigenvalue weighted by Gasteiger charge is 2.30. The highest BCUT2D eigenvalue weighted by molar-refractivity contribution is 5.95. The van der Waals surface area contributed by atoms with Crippen LogP contribution in [0.4, 0.5) is 29.2 Å². The molecule has 0 bridgehead atoms. The van der Waals surface area contributed by atoms with E-state index >= 15 is 0 Å². The van der Waals surface area contributed by atoms with Crippen molar-refractivity contribution in [1.82, 2.24) is 19.7 Å². The van der Waals surface area contributed by atoms with E-state index in [1.807, 2.05) is 0 Å². The summed E-state index contributed by atoms with van der Waals surface area (Å²) in [6.07, 6.45) is -2.31. The maximum Gasteiger partial charge on any atom is 0.408 e. The van der Waals surface area contributed by atoms with E-state index in [4.69, 9.17) is 5.11 Å². The van der Waals surface area contributed by atoms with Crippen molar-refractivity contribution in [1.29, 1.82) is 0 Å². The van der Waals surface area contributed by atoms with Crippen LogP contribution in [0.5, 0.6) is 0 Å². The van der Waals surface area contributed by atoms with Crippen LogP contribution in [0.2, 0.25) is 0 Å². The molecule has 0 aliphatic carbocycles. The minimum Gasteiger partial charge on any atom is -0.477 e. The number of rotatable bonds is 4. The fraction of sp³-hybridized carbons (Fsp3) is 0.143. The van der Waals surface area contributed by atoms with Gasteiger partial charge in [0.2, 0.25) is 0 Å². The Morgan fingerprint density at radius 3 is 2.68 bits per heavy atom. The van der Waals surface area contributed by atoms with Crippen LogP contribution in [0.1, 0.15) is 10.5 Å². The van der Waals surface area contributed by atoms with E-state index in [9.17, 15) is 22.4 Å². The summed E-state index contributed by atoms with van der Waals surface area (Å²) in [7, 11) is 0. The number of nitrogens with zero attached hydrogens (tertiary/aromatic N) is 4. The molecule has 3 aromatic heterocycles. The van der Waals surface area contributed by atoms with E-state index in [-0.39, 0.29) is 22.5 Å². The van der Waals surface area contributed by atoms with Crippen molar-refractivity contribution in [3.05, 3.63) is 42.1 Å². The summed E-state index contributed by atoms with van der Waals surface area (Å²) in [6, 6.07) is 3.13. The molecule has 0 amide bonds. The van der Waals surface area contributed by atoms with Gasteiger partial charge in [0, 0.05) is 18.5 Å². The molecular formula is C14H9F4N5O2. The van der Waals surface area contributed by atoms with Gasteiger partial charge < -0.3 is 10.4 Å². The molecule has 7 nitrogen and oxygen atoms in total. The summed E-state index contributed by atoms with van der Waals surface area (Å²) in [4.78, 5) is 18.5. The second-order valence-electron chi connectivity index (χ2n) is 5.00. The molecule has 2 N–H and O–H groups in total. The van der Waals surface area contributed by atoms with Crippen LogP contribution in [0.25, 0.3) is 10.9 Å². The largest absolute Gasteiger partial charge is 0.477 e. The summed E-state index contributed by atoms with van der Waals surface area (Å²) in [6.45, 7) is -1.43. The molecule has 0 unspecified atom stereocenters. The van der Waals surface area contributed by atoms with Gasteiger partial charge in [-0.3, -0.25) is 4.68 Å². The van der Waals surface area contributed by atoms with Crippen molar-refractivity contribution in [2.45, 2.75) is 12.7 Å². The molecule has 0 saturated heterocycles. The Morgan fingerprint density at radius 2 is 2.04 bits per heavy atom. The highest BCUT2D eigenvalue weighted by Crippen LogP contribution is 2.28. The Bertz CT molecular complexity index is 954. The normalized spacial score (nSPS) is 11.7. The molecule has 11 heteroatoms. The number of alkyl halides is 3. The lowest BCUT2D eigenvalue weighted by Gasteiger charge is -2.07. The SMILES string of the molecule is O=C(O)c1cc2c(cn1)c(Nc1cc(F)ccn1)nn2CC(F)(F)F. The molecule has 0 fully saturated rings. The number of hydrogen-bond donors (Lipinski definition) is 2. The lowest BCUT2D eigenvalue weighted by Crippen LogP contribution is -2.18. The number of pyridine rings is 2. The number of carboxylic acid groups (broad SMARTS) is 1. The van der Waals surface area contributed by atoms with E-state index in [2.05, 4.69) is 20.4 Å². The number of aromatic carboxylic acids is 1. The lowest BCUT2D eigenvalue weighted by atomic mass is 10.2. The number of anilines is 2. The zero-order valence-corrected chi connectivity index (χ0v) is 12.3. The number of fused-ring (bicyclic) bond motifs is 1. The number of carboxylic acids is 1. The summed E-state index contributed by atoms with van der Waals surface area (Å²) in [5, 5.41) is 15.5. The number of hydrogen-bond acceptors (Lipinski definition) is 5. The van der Waals surface area contributed by atoms with Crippen molar-refractivity contribution in [3.63, 3.8) is 0 Å². The zero-order chi connectivity index (χ0) is 18.2. The van der Waals surface area contributed by atoms with Crippen molar-refractivity contribution < 1.29 is 27.5 Å². The molecule has 3 rings (SSSR count). The van der Waals surface area contributed by atoms with Crippen molar-refractivity contribution in [2.24, 2.45) is 0 Å². The van der Waals surface area contributed by atoms with Gasteiger partial charge in [-0.1, -0.05) is 0 Å². The minimum atomic E-state index is -4.57. The van der Waals surface area contributed by atoms with Gasteiger partial charge in [0.25, 0.3) is 0 Å². The first kappa shape index (κ1) is 16.6. The van der Waals surface area contributed by atoms with Gasteiger partial charge in [-0.25, -0.2) is 19.2 Å². The van der Waals surface area contributed by atoms with Gasteiger partial charge in [-0.2, -0.15) is 18.3 Å². The second-order valence-corrected chi connectivity index (χ2v) is 5.00. The molecular weight excluding hydrogens is 346 g/mol. The molecule has 0 radical (unpaired) electrons. The van der Waals surface area contributed by atoms with Crippen LogP contribution in [-0.4, -0.2) is 37.0 Å². The third kappa shape index (κ3) is 3.65. The van der Waals surface area contributed by atoms with Crippen LogP contribution in [-0.2, 0) is 6.54 Å². The molecule has 3 aromatic rings. The molecule has 0 atom stereocenters. The number of halogens is 4. The minimum absolute atomic E-state index is 0.0286. The first-order chi connectivity index (χ1) is 11.7. The smallest absolute Gasteiger partial charge is 0.408 e. The number of carbonyl (C=O) groups is 1. The summed E-state index contributed by atoms with van der Waals surface area (Å²) in [5.41, 5.74) is -0.505. The topological polar surface area (TPSA) is 92.9 Å². The predicted octanol–water partition coefficient (Wildman–Crippen LogP) is 2.97. The van der Waals surface area contributed by atoms with Crippen LogP contribution in [0, 0.1) is 5.82 Å². The van der Waals surface area contributed by atoms with Gasteiger partial charge in [-0.15, -0.1) is 0 Å². The Balaban J connectivity index is 2.10. The fourth-order valence-electron chi connectivity index (χ4n) is 2.16. The zero-order valence-electron chi connectivity index (χ0n) is 12.3. The van der Waals surface area contributed by atoms with Crippen molar-refractivity contribution >= 4 is 28.5 Å². The Labute approximate surface area is 136 Å². The summed E-state index contributed by atoms with van der Waals surface area (Å²) >= 11 is 0. The average molecular weight is 355 g/mol. The van der Waals surface area contributed by atoms with Gasteiger partial charge in [0.05, 0.1) is 10.9 Å². The standard InChI is InChI=1S/C14H9F4N5O2/c15-7-1-2-19-11(3-7)21-12-8-5-20-9(13(24)25)4-10(8)23(22-12)6-14(16,17)18/h1-5H,6H2,(H,24,25)(H,19,21,22). The second kappa shape index (κ2) is 6.00. The van der Waals surface area contributed by atoms with E-state index in [1.165, 1.54) is 6.20 Å². The molecule has 0 saturated carbocycles. The van der Waals surface area contributed by atoms with Gasteiger partial charge in [0.15, 0.2) is 5.82 Å². The van der Waals surface area contributed by atoms with E-state index in [1.54, 1.807) is 0 Å². The van der Waals surface area contributed by atoms with E-state index in [0.717, 1.165) is 24.4 Å². The molecule has 0 aliphatic heterocycles. The van der Waals surface area contributed by atoms with Crippen molar-refractivity contribution in [3.8, 4) is 0 Å². The summed E-state index contributed by atoms with van der Waals surface area (Å²) in [5.74, 6) is -2.01. The Morgan fingerprint density at radius 1 is 1.28 bits per heavy atom. The van der Waals surface area contributed by atoms with Crippen LogP contribution in [0.3, 0.4) is 0 Å². The highest BCUT2D eigenvalue weighted by atomic mass is 19.4. The van der Waals surface area contributed by atoms with Crippen LogP contribution >= 0.6 is 0 Å². The lowest BCUT2D eigenvalue weighted by molar-refractivity contribution is -0.141. The monoisotopic (exact) mass is 355 g/mol. The van der Waals surface area contributed by atoms with Gasteiger partial charge >= 0.3 is 12.1 Å². The maximum atomic E-state index is 13.2. The first-order valence-electron chi connectivity index (χ1n) is 6.78. The first-order valence-corrected chi connectivity index (χ1v) is 6.78. The molecule has 25 heavy (non-hydrogen) atoms. The van der Waals surface area contributed by atoms with Gasteiger partial charge in [0.1, 0.15) is 23.9 Å².